The number of pyridine rings is 1. The maximum Gasteiger partial charge on any atom is 0.490 e. The Morgan fingerprint density at radius 3 is 1.88 bits per heavy atom. The molecule has 240 valence electrons. The molecule has 0 saturated carbocycles. The molecule has 2 aromatic rings. The molecule has 2 aliphatic rings. The van der Waals surface area contributed by atoms with Gasteiger partial charge in [-0.3, -0.25) is 9.69 Å². The predicted molar refractivity (Wildman–Crippen MR) is 140 cm³/mol. The van der Waals surface area contributed by atoms with Gasteiger partial charge in [0, 0.05) is 64.5 Å². The molecule has 1 fully saturated rings. The zero-order chi connectivity index (χ0) is 32.7. The van der Waals surface area contributed by atoms with Crippen molar-refractivity contribution in [2.45, 2.75) is 58.4 Å². The minimum absolute atomic E-state index is 0.123. The fourth-order valence-electron chi connectivity index (χ4n) is 4.37. The number of carbonyl (C=O) groups is 3. The maximum atomic E-state index is 13.1. The molecule has 0 radical (unpaired) electrons. The number of rotatable bonds is 4. The van der Waals surface area contributed by atoms with Crippen LogP contribution in [0.1, 0.15) is 51.5 Å². The van der Waals surface area contributed by atoms with Gasteiger partial charge in [0.2, 0.25) is 0 Å². The van der Waals surface area contributed by atoms with Gasteiger partial charge in [-0.2, -0.15) is 26.3 Å². The van der Waals surface area contributed by atoms with Crippen LogP contribution < -0.4 is 4.90 Å². The lowest BCUT2D eigenvalue weighted by molar-refractivity contribution is -0.193. The average molecular weight is 626 g/mol. The Kier molecular flexibility index (Phi) is 11.9. The molecule has 2 aromatic heterocycles. The molecule has 2 aliphatic heterocycles. The van der Waals surface area contributed by atoms with Gasteiger partial charge < -0.3 is 24.5 Å². The molecule has 43 heavy (non-hydrogen) atoms. The third-order valence-corrected chi connectivity index (χ3v) is 6.63. The van der Waals surface area contributed by atoms with E-state index in [-0.39, 0.29) is 5.91 Å². The number of likely N-dealkylation sites (tertiary alicyclic amines) is 1. The smallest absolute Gasteiger partial charge is 0.475 e. The van der Waals surface area contributed by atoms with Gasteiger partial charge in [-0.15, -0.1) is 0 Å². The molecule has 0 bridgehead atoms. The predicted octanol–water partition coefficient (Wildman–Crippen LogP) is 3.86. The second-order valence-electron chi connectivity index (χ2n) is 10.0. The highest BCUT2D eigenvalue weighted by molar-refractivity contribution is 5.99. The lowest BCUT2D eigenvalue weighted by Gasteiger charge is -2.22. The molecule has 1 saturated heterocycles. The van der Waals surface area contributed by atoms with Crippen molar-refractivity contribution >= 4 is 23.7 Å². The number of carbonyl (C=O) groups excluding carboxylic acids is 1. The van der Waals surface area contributed by atoms with Gasteiger partial charge in [-0.05, 0) is 44.7 Å². The van der Waals surface area contributed by atoms with Gasteiger partial charge in [-0.1, -0.05) is 5.16 Å². The van der Waals surface area contributed by atoms with Crippen LogP contribution in [0.5, 0.6) is 0 Å². The minimum atomic E-state index is -5.08. The zero-order valence-corrected chi connectivity index (χ0v) is 24.0. The van der Waals surface area contributed by atoms with Crippen LogP contribution in [0.15, 0.2) is 10.6 Å². The SMILES string of the molecule is Cc1noc(C)c1CN1CCc2cc(C(=O)N3CCCC3)c(N(C)C)nc2CC1.O=C(O)C(F)(F)F.O=C(O)C(F)(F)F. The fraction of sp³-hybridized carbons (Fsp3) is 0.577. The van der Waals surface area contributed by atoms with E-state index in [1.165, 1.54) is 11.1 Å². The Morgan fingerprint density at radius 2 is 1.44 bits per heavy atom. The summed E-state index contributed by atoms with van der Waals surface area (Å²) >= 11 is 0. The molecule has 17 heteroatoms. The fourth-order valence-corrected chi connectivity index (χ4v) is 4.37. The number of anilines is 1. The average Bonchev–Trinajstić information content (AvgIpc) is 3.50. The topological polar surface area (TPSA) is 140 Å². The first-order valence-electron chi connectivity index (χ1n) is 13.1. The van der Waals surface area contributed by atoms with Crippen molar-refractivity contribution in [2.24, 2.45) is 0 Å². The molecular weight excluding hydrogens is 592 g/mol. The van der Waals surface area contributed by atoms with E-state index in [0.29, 0.717) is 0 Å². The first-order chi connectivity index (χ1) is 19.8. The Balaban J connectivity index is 0.000000384. The number of aryl methyl sites for hydroxylation is 2. The second-order valence-corrected chi connectivity index (χ2v) is 10.0. The highest BCUT2D eigenvalue weighted by Crippen LogP contribution is 2.27. The quantitative estimate of drug-likeness (QED) is 0.482. The van der Waals surface area contributed by atoms with Crippen molar-refractivity contribution in [1.29, 1.82) is 0 Å². The Bertz CT molecular complexity index is 1250. The third-order valence-electron chi connectivity index (χ3n) is 6.63. The van der Waals surface area contributed by atoms with E-state index in [9.17, 15) is 31.1 Å². The lowest BCUT2D eigenvalue weighted by atomic mass is 10.0. The first kappa shape index (κ1) is 35.3. The largest absolute Gasteiger partial charge is 0.490 e. The summed E-state index contributed by atoms with van der Waals surface area (Å²) in [5.74, 6) is -3.70. The number of aromatic nitrogens is 2. The number of fused-ring (bicyclic) bond motifs is 1. The molecule has 4 rings (SSSR count). The molecule has 0 aliphatic carbocycles. The van der Waals surface area contributed by atoms with Crippen LogP contribution in [-0.4, -0.2) is 101 Å². The first-order valence-corrected chi connectivity index (χ1v) is 13.1. The highest BCUT2D eigenvalue weighted by atomic mass is 19.4. The number of amides is 1. The number of carboxylic acids is 2. The summed E-state index contributed by atoms with van der Waals surface area (Å²) in [6.45, 7) is 8.41. The van der Waals surface area contributed by atoms with Gasteiger partial charge in [-0.25, -0.2) is 14.6 Å². The summed E-state index contributed by atoms with van der Waals surface area (Å²) in [7, 11) is 3.94. The number of nitrogens with zero attached hydrogens (tertiary/aromatic N) is 5. The third kappa shape index (κ3) is 10.1. The van der Waals surface area contributed by atoms with Crippen LogP contribution in [0.2, 0.25) is 0 Å². The standard InChI is InChI=1S/C22H31N5O2.2C2HF3O2/c1-15-19(16(2)29-24-15)14-26-11-7-17-13-18(22(28)27-9-5-6-10-27)21(25(3)4)23-20(17)8-12-26;2*3-2(4,5)1(6)7/h13H,5-12,14H2,1-4H3;2*(H,6,7). The Morgan fingerprint density at radius 1 is 0.930 bits per heavy atom. The van der Waals surface area contributed by atoms with Crippen molar-refractivity contribution in [1.82, 2.24) is 19.9 Å². The van der Waals surface area contributed by atoms with Crippen LogP contribution in [-0.2, 0) is 29.0 Å². The van der Waals surface area contributed by atoms with Crippen molar-refractivity contribution in [3.63, 3.8) is 0 Å². The molecule has 0 atom stereocenters. The molecule has 2 N–H and O–H groups in total. The maximum absolute atomic E-state index is 13.1. The number of carboxylic acid groups (broad SMARTS) is 2. The van der Waals surface area contributed by atoms with Gasteiger partial charge in [0.05, 0.1) is 11.3 Å². The molecule has 0 unspecified atom stereocenters. The Labute approximate surface area is 243 Å². The summed E-state index contributed by atoms with van der Waals surface area (Å²) in [5, 5.41) is 18.3. The van der Waals surface area contributed by atoms with Crippen molar-refractivity contribution in [2.75, 3.05) is 45.2 Å². The number of hydrogen-bond donors (Lipinski definition) is 2. The molecule has 11 nitrogen and oxygen atoms in total. The normalized spacial score (nSPS) is 15.3. The minimum Gasteiger partial charge on any atom is -0.475 e. The van der Waals surface area contributed by atoms with E-state index in [0.717, 1.165) is 86.9 Å². The molecule has 0 spiro atoms. The molecular formula is C26H33F6N5O6. The van der Waals surface area contributed by atoms with Gasteiger partial charge in [0.1, 0.15) is 11.6 Å². The van der Waals surface area contributed by atoms with E-state index < -0.39 is 24.3 Å². The number of halogens is 6. The molecule has 4 heterocycles. The van der Waals surface area contributed by atoms with Gasteiger partial charge in [0.15, 0.2) is 0 Å². The monoisotopic (exact) mass is 625 g/mol. The van der Waals surface area contributed by atoms with Crippen LogP contribution in [0, 0.1) is 13.8 Å². The molecule has 0 aromatic carbocycles. The van der Waals surface area contributed by atoms with E-state index in [2.05, 4.69) is 16.1 Å². The van der Waals surface area contributed by atoms with Crippen molar-refractivity contribution < 1.29 is 55.5 Å². The van der Waals surface area contributed by atoms with Crippen LogP contribution in [0.3, 0.4) is 0 Å². The van der Waals surface area contributed by atoms with E-state index in [1.54, 1.807) is 0 Å². The Hall–Kier alpha value is -3.89. The molecule has 1 amide bonds. The number of hydrogen-bond acceptors (Lipinski definition) is 8. The summed E-state index contributed by atoms with van der Waals surface area (Å²) in [5.41, 5.74) is 5.22. The van der Waals surface area contributed by atoms with Crippen molar-refractivity contribution in [3.05, 3.63) is 39.9 Å². The van der Waals surface area contributed by atoms with E-state index in [1.807, 2.05) is 37.7 Å². The van der Waals surface area contributed by atoms with Gasteiger partial charge >= 0.3 is 24.3 Å². The highest BCUT2D eigenvalue weighted by Gasteiger charge is 2.39. The lowest BCUT2D eigenvalue weighted by Crippen LogP contribution is -2.30. The van der Waals surface area contributed by atoms with Crippen LogP contribution >= 0.6 is 0 Å². The number of alkyl halides is 6. The summed E-state index contributed by atoms with van der Waals surface area (Å²) in [4.78, 5) is 42.2. The summed E-state index contributed by atoms with van der Waals surface area (Å²) < 4.78 is 68.8. The van der Waals surface area contributed by atoms with E-state index >= 15 is 0 Å². The van der Waals surface area contributed by atoms with Crippen molar-refractivity contribution in [3.8, 4) is 0 Å². The number of aliphatic carboxylic acids is 2. The second kappa shape index (κ2) is 14.5. The van der Waals surface area contributed by atoms with Gasteiger partial charge in [0.25, 0.3) is 5.91 Å². The van der Waals surface area contributed by atoms with E-state index in [4.69, 9.17) is 29.3 Å². The zero-order valence-electron chi connectivity index (χ0n) is 24.0. The van der Waals surface area contributed by atoms with Crippen LogP contribution in [0.4, 0.5) is 32.2 Å². The summed E-state index contributed by atoms with van der Waals surface area (Å²) in [6, 6.07) is 2.11. The summed E-state index contributed by atoms with van der Waals surface area (Å²) in [6.07, 6.45) is -6.19. The van der Waals surface area contributed by atoms with Crippen LogP contribution in [0.25, 0.3) is 0 Å².